The maximum atomic E-state index is 13.2. The summed E-state index contributed by atoms with van der Waals surface area (Å²) in [5, 5.41) is -0.550. The van der Waals surface area contributed by atoms with Gasteiger partial charge in [0.05, 0.1) is 12.8 Å². The molecule has 41 heavy (non-hydrogen) atoms. The van der Waals surface area contributed by atoms with Gasteiger partial charge in [0.25, 0.3) is 0 Å². The Morgan fingerprint density at radius 1 is 0.951 bits per heavy atom. The third-order valence-corrected chi connectivity index (χ3v) is 8.84. The third kappa shape index (κ3) is 7.11. The van der Waals surface area contributed by atoms with E-state index >= 15 is 0 Å². The van der Waals surface area contributed by atoms with Crippen LogP contribution >= 0.6 is 24.0 Å². The predicted octanol–water partition coefficient (Wildman–Crippen LogP) is 5.06. The van der Waals surface area contributed by atoms with Gasteiger partial charge in [-0.2, -0.15) is 0 Å². The van der Waals surface area contributed by atoms with E-state index in [-0.39, 0.29) is 24.0 Å². The minimum absolute atomic E-state index is 0.100. The zero-order valence-corrected chi connectivity index (χ0v) is 24.4. The van der Waals surface area contributed by atoms with E-state index in [1.165, 1.54) is 28.3 Å². The molecule has 210 valence electrons. The maximum absolute atomic E-state index is 13.2. The monoisotopic (exact) mass is 585 g/mol. The quantitative estimate of drug-likeness (QED) is 0.157. The lowest BCUT2D eigenvalue weighted by Crippen LogP contribution is -2.47. The first-order valence-electron chi connectivity index (χ1n) is 13.5. The van der Waals surface area contributed by atoms with Gasteiger partial charge in [-0.05, 0) is 53.6 Å². The largest absolute Gasteiger partial charge is 0.497 e. The second kappa shape index (κ2) is 13.2. The molecule has 1 atom stereocenters. The van der Waals surface area contributed by atoms with E-state index in [0.717, 1.165) is 44.0 Å². The van der Waals surface area contributed by atoms with Crippen LogP contribution in [0.5, 0.6) is 5.75 Å². The molecule has 2 aliphatic heterocycles. The van der Waals surface area contributed by atoms with Gasteiger partial charge in [0.2, 0.25) is 11.8 Å². The number of benzene rings is 3. The molecule has 9 heteroatoms. The van der Waals surface area contributed by atoms with Gasteiger partial charge >= 0.3 is 0 Å². The number of carbonyl (C=O) groups is 3. The second-order valence-corrected chi connectivity index (χ2v) is 11.7. The molecule has 0 aliphatic carbocycles. The molecule has 0 N–H and O–H groups in total. The zero-order valence-electron chi connectivity index (χ0n) is 22.8. The molecule has 0 aromatic heterocycles. The lowest BCUT2D eigenvalue weighted by molar-refractivity contribution is -0.121. The number of piperazine rings is 1. The van der Waals surface area contributed by atoms with E-state index in [1.54, 1.807) is 37.5 Å². The van der Waals surface area contributed by atoms with E-state index in [4.69, 9.17) is 17.0 Å². The molecule has 2 saturated heterocycles. The SMILES string of the molecule is COc1ccc(C=CC(=O)c2ccc(N3C(=O)CC(SC(=S)N4CCN(Cc5ccccc5)CC4)C3=O)cc2)cc1. The third-order valence-electron chi connectivity index (χ3n) is 7.18. The Morgan fingerprint density at radius 2 is 1.63 bits per heavy atom. The van der Waals surface area contributed by atoms with Crippen molar-refractivity contribution in [2.45, 2.75) is 18.2 Å². The first-order chi connectivity index (χ1) is 19.9. The first kappa shape index (κ1) is 28.7. The Hall–Kier alpha value is -3.79. The number of imide groups is 1. The normalized spacial score (nSPS) is 17.8. The van der Waals surface area contributed by atoms with Crippen LogP contribution in [0.15, 0.2) is 84.9 Å². The average molecular weight is 586 g/mol. The summed E-state index contributed by atoms with van der Waals surface area (Å²) >= 11 is 6.98. The molecule has 0 spiro atoms. The molecule has 3 aromatic carbocycles. The van der Waals surface area contributed by atoms with Crippen molar-refractivity contribution in [2.75, 3.05) is 38.2 Å². The van der Waals surface area contributed by atoms with Gasteiger partial charge in [0, 0.05) is 44.7 Å². The van der Waals surface area contributed by atoms with Crippen molar-refractivity contribution < 1.29 is 19.1 Å². The fourth-order valence-corrected chi connectivity index (χ4v) is 6.39. The standard InChI is InChI=1S/C32H31N3O4S2/c1-39-27-14-7-23(8-15-27)9-16-28(36)25-10-12-26(13-11-25)35-30(37)21-29(31(35)38)41-32(40)34-19-17-33(18-20-34)22-24-5-3-2-4-6-24/h2-16,29H,17-22H2,1H3. The van der Waals surface area contributed by atoms with E-state index in [0.29, 0.717) is 15.6 Å². The van der Waals surface area contributed by atoms with Gasteiger partial charge in [-0.25, -0.2) is 4.90 Å². The number of ether oxygens (including phenoxy) is 1. The molecule has 0 saturated carbocycles. The van der Waals surface area contributed by atoms with Crippen molar-refractivity contribution in [2.24, 2.45) is 0 Å². The Labute approximate surface area is 249 Å². The summed E-state index contributed by atoms with van der Waals surface area (Å²) in [6.45, 7) is 4.26. The summed E-state index contributed by atoms with van der Waals surface area (Å²) in [5.74, 6) is 0.0361. The van der Waals surface area contributed by atoms with Crippen molar-refractivity contribution in [3.8, 4) is 5.75 Å². The average Bonchev–Trinajstić information content (AvgIpc) is 3.28. The number of methoxy groups -OCH3 is 1. The smallest absolute Gasteiger partial charge is 0.247 e. The van der Waals surface area contributed by atoms with Crippen LogP contribution in [0.3, 0.4) is 0 Å². The van der Waals surface area contributed by atoms with Gasteiger partial charge in [-0.15, -0.1) is 0 Å². The fourth-order valence-electron chi connectivity index (χ4n) is 4.85. The Bertz CT molecular complexity index is 1430. The van der Waals surface area contributed by atoms with Gasteiger partial charge < -0.3 is 9.64 Å². The summed E-state index contributed by atoms with van der Waals surface area (Å²) in [4.78, 5) is 44.4. The van der Waals surface area contributed by atoms with Crippen molar-refractivity contribution in [1.29, 1.82) is 0 Å². The number of rotatable bonds is 8. The highest BCUT2D eigenvalue weighted by atomic mass is 32.2. The summed E-state index contributed by atoms with van der Waals surface area (Å²) in [6.07, 6.45) is 3.33. The van der Waals surface area contributed by atoms with E-state index < -0.39 is 5.25 Å². The number of thioether (sulfide) groups is 1. The van der Waals surface area contributed by atoms with Crippen LogP contribution in [-0.4, -0.2) is 70.3 Å². The predicted molar refractivity (Wildman–Crippen MR) is 167 cm³/mol. The number of thiocarbonyl (C=S) groups is 1. The minimum atomic E-state index is -0.550. The molecule has 1 unspecified atom stereocenters. The molecule has 5 rings (SSSR count). The number of hydrogen-bond donors (Lipinski definition) is 0. The summed E-state index contributed by atoms with van der Waals surface area (Å²) in [6, 6.07) is 24.3. The molecule has 2 fully saturated rings. The summed E-state index contributed by atoms with van der Waals surface area (Å²) < 4.78 is 5.81. The molecule has 7 nitrogen and oxygen atoms in total. The van der Waals surface area contributed by atoms with Crippen LogP contribution in [0.1, 0.15) is 27.9 Å². The van der Waals surface area contributed by atoms with E-state index in [2.05, 4.69) is 34.1 Å². The van der Waals surface area contributed by atoms with Gasteiger partial charge in [-0.3, -0.25) is 19.3 Å². The molecular weight excluding hydrogens is 555 g/mol. The van der Waals surface area contributed by atoms with Gasteiger partial charge in [0.15, 0.2) is 5.78 Å². The molecule has 2 heterocycles. The molecule has 3 aromatic rings. The number of nitrogens with zero attached hydrogens (tertiary/aromatic N) is 3. The van der Waals surface area contributed by atoms with Crippen molar-refractivity contribution in [3.63, 3.8) is 0 Å². The van der Waals surface area contributed by atoms with Crippen molar-refractivity contribution >= 4 is 57.7 Å². The van der Waals surface area contributed by atoms with Gasteiger partial charge in [0.1, 0.15) is 15.3 Å². The molecular formula is C32H31N3O4S2. The van der Waals surface area contributed by atoms with Crippen LogP contribution < -0.4 is 9.64 Å². The number of anilines is 1. The second-order valence-electron chi connectivity index (χ2n) is 9.91. The summed E-state index contributed by atoms with van der Waals surface area (Å²) in [7, 11) is 1.60. The van der Waals surface area contributed by atoms with Crippen LogP contribution in [0.4, 0.5) is 5.69 Å². The highest BCUT2D eigenvalue weighted by molar-refractivity contribution is 8.23. The Morgan fingerprint density at radius 3 is 2.29 bits per heavy atom. The van der Waals surface area contributed by atoms with E-state index in [9.17, 15) is 14.4 Å². The first-order valence-corrected chi connectivity index (χ1v) is 14.8. The number of ketones is 1. The molecule has 2 amide bonds. The zero-order chi connectivity index (χ0) is 28.8. The highest BCUT2D eigenvalue weighted by Gasteiger charge is 2.41. The number of amides is 2. The van der Waals surface area contributed by atoms with Crippen LogP contribution in [0, 0.1) is 0 Å². The fraction of sp³-hybridized carbons (Fsp3) is 0.250. The molecule has 0 bridgehead atoms. The van der Waals surface area contributed by atoms with Crippen molar-refractivity contribution in [1.82, 2.24) is 9.80 Å². The minimum Gasteiger partial charge on any atom is -0.497 e. The summed E-state index contributed by atoms with van der Waals surface area (Å²) in [5.41, 5.74) is 3.09. The van der Waals surface area contributed by atoms with Crippen molar-refractivity contribution in [3.05, 3.63) is 102 Å². The van der Waals surface area contributed by atoms with Crippen LogP contribution in [0.2, 0.25) is 0 Å². The lowest BCUT2D eigenvalue weighted by atomic mass is 10.1. The van der Waals surface area contributed by atoms with Crippen LogP contribution in [0.25, 0.3) is 6.08 Å². The number of carbonyl (C=O) groups excluding carboxylic acids is 3. The lowest BCUT2D eigenvalue weighted by Gasteiger charge is -2.36. The van der Waals surface area contributed by atoms with Gasteiger partial charge in [-0.1, -0.05) is 72.5 Å². The van der Waals surface area contributed by atoms with E-state index in [1.807, 2.05) is 30.3 Å². The van der Waals surface area contributed by atoms with Crippen LogP contribution in [-0.2, 0) is 16.1 Å². The Kier molecular flexibility index (Phi) is 9.28. The maximum Gasteiger partial charge on any atom is 0.247 e. The Balaban J connectivity index is 1.14. The topological polar surface area (TPSA) is 70.2 Å². The molecule has 0 radical (unpaired) electrons. The molecule has 2 aliphatic rings. The number of allylic oxidation sites excluding steroid dienone is 1. The number of hydrogen-bond acceptors (Lipinski definition) is 7. The highest BCUT2D eigenvalue weighted by Crippen LogP contribution is 2.32.